The van der Waals surface area contributed by atoms with Gasteiger partial charge in [0.15, 0.2) is 0 Å². The van der Waals surface area contributed by atoms with E-state index in [1.165, 1.54) is 38.5 Å². The van der Waals surface area contributed by atoms with Crippen molar-refractivity contribution >= 4 is 0 Å². The minimum atomic E-state index is -0.772. The second kappa shape index (κ2) is 15.0. The van der Waals surface area contributed by atoms with Gasteiger partial charge in [-0.3, -0.25) is 0 Å². The normalized spacial score (nSPS) is 14.8. The Morgan fingerprint density at radius 1 is 0.800 bits per heavy atom. The number of aliphatic hydroxyl groups is 3. The number of aliphatic hydroxyl groups excluding tert-OH is 3. The lowest BCUT2D eigenvalue weighted by molar-refractivity contribution is 0.0380. The molecule has 0 aromatic heterocycles. The minimum Gasteiger partial charge on any atom is -0.394 e. The molecule has 0 aromatic carbocycles. The summed E-state index contributed by atoms with van der Waals surface area (Å²) in [6.07, 6.45) is 15.3. The smallest absolute Gasteiger partial charge is 0.0795 e. The average molecular weight is 286 g/mol. The monoisotopic (exact) mass is 286 g/mol. The maximum atomic E-state index is 9.62. The summed E-state index contributed by atoms with van der Waals surface area (Å²) in [5.74, 6) is 0. The van der Waals surface area contributed by atoms with Crippen LogP contribution in [0.15, 0.2) is 12.2 Å². The van der Waals surface area contributed by atoms with Crippen LogP contribution in [-0.4, -0.2) is 34.1 Å². The maximum absolute atomic E-state index is 9.62. The van der Waals surface area contributed by atoms with Crippen LogP contribution in [0.3, 0.4) is 0 Å². The molecule has 0 saturated carbocycles. The van der Waals surface area contributed by atoms with E-state index in [0.717, 1.165) is 25.7 Å². The van der Waals surface area contributed by atoms with Crippen LogP contribution in [0.25, 0.3) is 0 Å². The first kappa shape index (κ1) is 19.6. The Hall–Kier alpha value is -0.380. The van der Waals surface area contributed by atoms with E-state index in [9.17, 15) is 10.2 Å². The van der Waals surface area contributed by atoms with Crippen molar-refractivity contribution in [1.82, 2.24) is 0 Å². The Bertz CT molecular complexity index is 216. The van der Waals surface area contributed by atoms with E-state index in [2.05, 4.69) is 19.1 Å². The quantitative estimate of drug-likeness (QED) is 0.338. The van der Waals surface area contributed by atoms with E-state index in [1.54, 1.807) is 0 Å². The average Bonchev–Trinajstić information content (AvgIpc) is 2.44. The molecule has 2 atom stereocenters. The summed E-state index contributed by atoms with van der Waals surface area (Å²) in [7, 11) is 0. The van der Waals surface area contributed by atoms with Gasteiger partial charge in [0.05, 0.1) is 18.8 Å². The molecular formula is C17H34O3. The molecular weight excluding hydrogens is 252 g/mol. The summed E-state index contributed by atoms with van der Waals surface area (Å²) in [6, 6.07) is 0. The molecule has 0 saturated heterocycles. The molecule has 0 aliphatic rings. The number of unbranched alkanes of at least 4 members (excludes halogenated alkanes) is 7. The first-order chi connectivity index (χ1) is 9.70. The van der Waals surface area contributed by atoms with Gasteiger partial charge in [0, 0.05) is 6.42 Å². The molecule has 0 spiro atoms. The van der Waals surface area contributed by atoms with Crippen LogP contribution in [0.4, 0.5) is 0 Å². The van der Waals surface area contributed by atoms with Crippen LogP contribution in [0.1, 0.15) is 77.6 Å². The maximum Gasteiger partial charge on any atom is 0.0795 e. The lowest BCUT2D eigenvalue weighted by atomic mass is 10.0. The van der Waals surface area contributed by atoms with Crippen LogP contribution in [0.2, 0.25) is 0 Å². The predicted octanol–water partition coefficient (Wildman–Crippen LogP) is 3.57. The highest BCUT2D eigenvalue weighted by Gasteiger charge is 2.10. The number of allylic oxidation sites excluding steroid dienone is 2. The van der Waals surface area contributed by atoms with E-state index in [0.29, 0.717) is 6.42 Å². The van der Waals surface area contributed by atoms with Crippen LogP contribution in [-0.2, 0) is 0 Å². The van der Waals surface area contributed by atoms with Crippen molar-refractivity contribution in [3.05, 3.63) is 12.2 Å². The second-order valence-corrected chi connectivity index (χ2v) is 5.66. The fourth-order valence-corrected chi connectivity index (χ4v) is 2.32. The number of rotatable bonds is 14. The summed E-state index contributed by atoms with van der Waals surface area (Å²) >= 11 is 0. The SMILES string of the molecule is CC/C=C/CCCCCCCCC[C@H](O)C[C@@H](O)CO. The van der Waals surface area contributed by atoms with Gasteiger partial charge in [0.2, 0.25) is 0 Å². The molecule has 20 heavy (non-hydrogen) atoms. The zero-order valence-corrected chi connectivity index (χ0v) is 13.1. The Morgan fingerprint density at radius 2 is 1.40 bits per heavy atom. The first-order valence-electron chi connectivity index (χ1n) is 8.32. The number of hydrogen-bond acceptors (Lipinski definition) is 3. The summed E-state index contributed by atoms with van der Waals surface area (Å²) in [6.45, 7) is 1.91. The Balaban J connectivity index is 3.18. The van der Waals surface area contributed by atoms with Gasteiger partial charge in [0.25, 0.3) is 0 Å². The van der Waals surface area contributed by atoms with Crippen LogP contribution >= 0.6 is 0 Å². The molecule has 0 aliphatic carbocycles. The molecule has 0 bridgehead atoms. The molecule has 0 amide bonds. The Morgan fingerprint density at radius 3 is 2.00 bits per heavy atom. The first-order valence-corrected chi connectivity index (χ1v) is 8.32. The molecule has 3 nitrogen and oxygen atoms in total. The van der Waals surface area contributed by atoms with Crippen molar-refractivity contribution in [3.8, 4) is 0 Å². The van der Waals surface area contributed by atoms with E-state index in [4.69, 9.17) is 5.11 Å². The zero-order valence-electron chi connectivity index (χ0n) is 13.1. The Labute approximate surface area is 124 Å². The van der Waals surface area contributed by atoms with E-state index in [1.807, 2.05) is 0 Å². The van der Waals surface area contributed by atoms with Crippen molar-refractivity contribution in [3.63, 3.8) is 0 Å². The lowest BCUT2D eigenvalue weighted by Gasteiger charge is -2.13. The van der Waals surface area contributed by atoms with Crippen molar-refractivity contribution < 1.29 is 15.3 Å². The molecule has 0 radical (unpaired) electrons. The predicted molar refractivity (Wildman–Crippen MR) is 84.7 cm³/mol. The summed E-state index contributed by atoms with van der Waals surface area (Å²) in [5.41, 5.74) is 0. The van der Waals surface area contributed by atoms with Crippen molar-refractivity contribution in [2.45, 2.75) is 89.8 Å². The lowest BCUT2D eigenvalue weighted by Crippen LogP contribution is -2.20. The molecule has 0 unspecified atom stereocenters. The van der Waals surface area contributed by atoms with Gasteiger partial charge in [-0.25, -0.2) is 0 Å². The third-order valence-electron chi connectivity index (χ3n) is 3.57. The number of hydrogen-bond donors (Lipinski definition) is 3. The summed E-state index contributed by atoms with van der Waals surface area (Å²) in [4.78, 5) is 0. The van der Waals surface area contributed by atoms with Crippen molar-refractivity contribution in [1.29, 1.82) is 0 Å². The molecule has 0 fully saturated rings. The van der Waals surface area contributed by atoms with Gasteiger partial charge in [-0.1, -0.05) is 57.6 Å². The van der Waals surface area contributed by atoms with E-state index < -0.39 is 12.2 Å². The van der Waals surface area contributed by atoms with Gasteiger partial charge < -0.3 is 15.3 Å². The third-order valence-corrected chi connectivity index (χ3v) is 3.57. The van der Waals surface area contributed by atoms with Gasteiger partial charge in [-0.2, -0.15) is 0 Å². The van der Waals surface area contributed by atoms with E-state index in [-0.39, 0.29) is 6.61 Å². The fourth-order valence-electron chi connectivity index (χ4n) is 2.32. The standard InChI is InChI=1S/C17H34O3/c1-2-3-4-5-6-7-8-9-10-11-12-13-16(19)14-17(20)15-18/h3-4,16-20H,2,5-15H2,1H3/b4-3+/t16-,17+/m0/s1. The fraction of sp³-hybridized carbons (Fsp3) is 0.882. The van der Waals surface area contributed by atoms with Crippen LogP contribution in [0.5, 0.6) is 0 Å². The van der Waals surface area contributed by atoms with Crippen molar-refractivity contribution in [2.24, 2.45) is 0 Å². The van der Waals surface area contributed by atoms with Gasteiger partial charge >= 0.3 is 0 Å². The minimum absolute atomic E-state index is 0.259. The largest absolute Gasteiger partial charge is 0.394 e. The van der Waals surface area contributed by atoms with E-state index >= 15 is 0 Å². The van der Waals surface area contributed by atoms with Crippen molar-refractivity contribution in [2.75, 3.05) is 6.61 Å². The molecule has 0 aliphatic heterocycles. The Kier molecular flexibility index (Phi) is 14.7. The highest BCUT2D eigenvalue weighted by molar-refractivity contribution is 4.79. The topological polar surface area (TPSA) is 60.7 Å². The highest BCUT2D eigenvalue weighted by atomic mass is 16.3. The summed E-state index contributed by atoms with van der Waals surface area (Å²) < 4.78 is 0. The van der Waals surface area contributed by atoms with Gasteiger partial charge in [-0.15, -0.1) is 0 Å². The molecule has 0 rings (SSSR count). The van der Waals surface area contributed by atoms with Crippen LogP contribution in [0, 0.1) is 0 Å². The zero-order chi connectivity index (χ0) is 15.1. The molecule has 120 valence electrons. The molecule has 3 N–H and O–H groups in total. The van der Waals surface area contributed by atoms with Crippen LogP contribution < -0.4 is 0 Å². The van der Waals surface area contributed by atoms with Gasteiger partial charge in [-0.05, 0) is 25.7 Å². The molecule has 0 heterocycles. The second-order valence-electron chi connectivity index (χ2n) is 5.66. The highest BCUT2D eigenvalue weighted by Crippen LogP contribution is 2.12. The van der Waals surface area contributed by atoms with Gasteiger partial charge in [0.1, 0.15) is 0 Å². The molecule has 0 aromatic rings. The third kappa shape index (κ3) is 14.0. The molecule has 3 heteroatoms. The summed E-state index contributed by atoms with van der Waals surface area (Å²) in [5, 5.41) is 27.5.